The number of Topliss-reactive ketones (excluding diaryl/α,β-unsaturated/α-hetero) is 1. The highest BCUT2D eigenvalue weighted by atomic mass is 16.6. The van der Waals surface area contributed by atoms with Crippen LogP contribution in [-0.4, -0.2) is 30.3 Å². The van der Waals surface area contributed by atoms with Crippen LogP contribution < -0.4 is 0 Å². The number of hydrogen-bond donors (Lipinski definition) is 0. The minimum atomic E-state index is -0.337. The highest BCUT2D eigenvalue weighted by Crippen LogP contribution is 2.31. The first-order valence-corrected chi connectivity index (χ1v) is 6.91. The summed E-state index contributed by atoms with van der Waals surface area (Å²) in [5, 5.41) is 10.5. The third-order valence-corrected chi connectivity index (χ3v) is 3.66. The van der Waals surface area contributed by atoms with E-state index in [9.17, 15) is 19.7 Å². The molecule has 0 heterocycles. The van der Waals surface area contributed by atoms with Crippen LogP contribution in [0.1, 0.15) is 38.5 Å². The van der Waals surface area contributed by atoms with Crippen molar-refractivity contribution >= 4 is 11.8 Å². The Morgan fingerprint density at radius 3 is 2.90 bits per heavy atom. The summed E-state index contributed by atoms with van der Waals surface area (Å²) < 4.78 is 4.53. The molecule has 0 amide bonds. The third kappa shape index (κ3) is 5.50. The molecule has 0 spiro atoms. The average Bonchev–Trinajstić information content (AvgIpc) is 2.74. The Balaban J connectivity index is 2.29. The molecule has 1 saturated carbocycles. The van der Waals surface area contributed by atoms with Crippen molar-refractivity contribution in [2.45, 2.75) is 38.5 Å². The molecule has 0 aliphatic heterocycles. The Morgan fingerprint density at radius 1 is 1.50 bits per heavy atom. The number of hydrogen-bond acceptors (Lipinski definition) is 5. The molecular formula is C14H21NO5. The van der Waals surface area contributed by atoms with Gasteiger partial charge in [-0.2, -0.15) is 0 Å². The predicted octanol–water partition coefficient (Wildman–Crippen LogP) is 2.15. The fourth-order valence-electron chi connectivity index (χ4n) is 2.54. The molecule has 112 valence electrons. The molecule has 0 N–H and O–H groups in total. The zero-order valence-electron chi connectivity index (χ0n) is 11.7. The molecule has 0 aromatic carbocycles. The van der Waals surface area contributed by atoms with Crippen molar-refractivity contribution in [2.24, 2.45) is 11.8 Å². The number of carbonyl (C=O) groups excluding carboxylic acids is 2. The predicted molar refractivity (Wildman–Crippen MR) is 72.7 cm³/mol. The number of nitro groups is 1. The van der Waals surface area contributed by atoms with Gasteiger partial charge in [0.2, 0.25) is 6.54 Å². The van der Waals surface area contributed by atoms with E-state index in [4.69, 9.17) is 0 Å². The smallest absolute Gasteiger partial charge is 0.305 e. The minimum absolute atomic E-state index is 0.118. The van der Waals surface area contributed by atoms with Crippen LogP contribution in [0.3, 0.4) is 0 Å². The first kappa shape index (κ1) is 16.3. The summed E-state index contributed by atoms with van der Waals surface area (Å²) in [5.41, 5.74) is 0. The van der Waals surface area contributed by atoms with Crippen molar-refractivity contribution in [3.63, 3.8) is 0 Å². The highest BCUT2D eigenvalue weighted by Gasteiger charge is 2.36. The van der Waals surface area contributed by atoms with Gasteiger partial charge in [-0.15, -0.1) is 0 Å². The van der Waals surface area contributed by atoms with E-state index in [-0.39, 0.29) is 35.1 Å². The number of nitrogens with zero attached hydrogens (tertiary/aromatic N) is 1. The lowest BCUT2D eigenvalue weighted by Gasteiger charge is -2.12. The van der Waals surface area contributed by atoms with Crippen molar-refractivity contribution in [1.29, 1.82) is 0 Å². The number of ketones is 1. The zero-order chi connectivity index (χ0) is 15.0. The maximum Gasteiger partial charge on any atom is 0.305 e. The molecule has 6 nitrogen and oxygen atoms in total. The van der Waals surface area contributed by atoms with Gasteiger partial charge in [-0.05, 0) is 25.7 Å². The second-order valence-electron chi connectivity index (χ2n) is 5.06. The molecule has 0 bridgehead atoms. The van der Waals surface area contributed by atoms with Gasteiger partial charge < -0.3 is 4.74 Å². The average molecular weight is 283 g/mol. The van der Waals surface area contributed by atoms with Crippen LogP contribution in [0.25, 0.3) is 0 Å². The van der Waals surface area contributed by atoms with Gasteiger partial charge >= 0.3 is 5.97 Å². The lowest BCUT2D eigenvalue weighted by atomic mass is 9.92. The van der Waals surface area contributed by atoms with Crippen molar-refractivity contribution in [2.75, 3.05) is 13.7 Å². The van der Waals surface area contributed by atoms with E-state index in [2.05, 4.69) is 4.74 Å². The van der Waals surface area contributed by atoms with Crippen molar-refractivity contribution in [3.05, 3.63) is 22.3 Å². The molecule has 0 aromatic rings. The number of esters is 1. The zero-order valence-corrected chi connectivity index (χ0v) is 11.7. The Bertz CT molecular complexity index is 391. The maximum absolute atomic E-state index is 11.7. The Morgan fingerprint density at radius 2 is 2.25 bits per heavy atom. The van der Waals surface area contributed by atoms with E-state index in [1.54, 1.807) is 0 Å². The van der Waals surface area contributed by atoms with E-state index in [1.165, 1.54) is 7.11 Å². The topological polar surface area (TPSA) is 86.5 Å². The molecule has 0 radical (unpaired) electrons. The number of unbranched alkanes of at least 4 members (excludes halogenated alkanes) is 1. The van der Waals surface area contributed by atoms with Gasteiger partial charge in [0.15, 0.2) is 0 Å². The van der Waals surface area contributed by atoms with Gasteiger partial charge in [0.1, 0.15) is 5.78 Å². The quantitative estimate of drug-likeness (QED) is 0.224. The summed E-state index contributed by atoms with van der Waals surface area (Å²) in [5.74, 6) is -0.430. The number of methoxy groups -OCH3 is 1. The first-order valence-electron chi connectivity index (χ1n) is 6.91. The van der Waals surface area contributed by atoms with Crippen LogP contribution in [0.15, 0.2) is 12.2 Å². The van der Waals surface area contributed by atoms with E-state index in [0.29, 0.717) is 32.1 Å². The van der Waals surface area contributed by atoms with Crippen molar-refractivity contribution in [3.8, 4) is 0 Å². The van der Waals surface area contributed by atoms with Gasteiger partial charge in [0.05, 0.1) is 7.11 Å². The number of carbonyl (C=O) groups is 2. The Kier molecular flexibility index (Phi) is 6.90. The summed E-state index contributed by atoms with van der Waals surface area (Å²) in [7, 11) is 1.36. The second-order valence-corrected chi connectivity index (χ2v) is 5.06. The third-order valence-electron chi connectivity index (χ3n) is 3.66. The van der Waals surface area contributed by atoms with Crippen molar-refractivity contribution < 1.29 is 19.2 Å². The van der Waals surface area contributed by atoms with Crippen LogP contribution >= 0.6 is 0 Å². The fourth-order valence-corrected chi connectivity index (χ4v) is 2.54. The normalized spacial score (nSPS) is 22.4. The standard InChI is InChI=1S/C14H21NO5/c1-20-14(17)7-5-3-2-4-6-12-11(10-15(18)19)8-9-13(12)16/h2,4,11-12H,3,5-10H2,1H3. The van der Waals surface area contributed by atoms with Gasteiger partial charge in [-0.1, -0.05) is 12.2 Å². The van der Waals surface area contributed by atoms with Crippen LogP contribution in [0.2, 0.25) is 0 Å². The second kappa shape index (κ2) is 8.45. The van der Waals surface area contributed by atoms with E-state index in [1.807, 2.05) is 12.2 Å². The summed E-state index contributed by atoms with van der Waals surface area (Å²) in [6, 6.07) is 0. The summed E-state index contributed by atoms with van der Waals surface area (Å²) in [4.78, 5) is 32.8. The molecular weight excluding hydrogens is 262 g/mol. The monoisotopic (exact) mass is 283 g/mol. The Labute approximate surface area is 118 Å². The number of ether oxygens (including phenoxy) is 1. The highest BCUT2D eigenvalue weighted by molar-refractivity contribution is 5.83. The molecule has 0 aromatic heterocycles. The van der Waals surface area contributed by atoms with E-state index in [0.717, 1.165) is 6.42 Å². The summed E-state index contributed by atoms with van der Waals surface area (Å²) >= 11 is 0. The molecule has 2 atom stereocenters. The van der Waals surface area contributed by atoms with Gasteiger partial charge in [-0.25, -0.2) is 0 Å². The summed E-state index contributed by atoms with van der Waals surface area (Å²) in [6.45, 7) is -0.118. The lowest BCUT2D eigenvalue weighted by molar-refractivity contribution is -0.489. The largest absolute Gasteiger partial charge is 0.469 e. The van der Waals surface area contributed by atoms with Gasteiger partial charge in [0.25, 0.3) is 0 Å². The molecule has 1 aliphatic carbocycles. The molecule has 1 rings (SSSR count). The maximum atomic E-state index is 11.7. The van der Waals surface area contributed by atoms with Gasteiger partial charge in [-0.3, -0.25) is 19.7 Å². The van der Waals surface area contributed by atoms with E-state index < -0.39 is 0 Å². The molecule has 1 aliphatic rings. The first-order chi connectivity index (χ1) is 9.54. The molecule has 6 heteroatoms. The fraction of sp³-hybridized carbons (Fsp3) is 0.714. The van der Waals surface area contributed by atoms with Crippen LogP contribution in [0.4, 0.5) is 0 Å². The molecule has 20 heavy (non-hydrogen) atoms. The number of allylic oxidation sites excluding steroid dienone is 2. The van der Waals surface area contributed by atoms with Crippen LogP contribution in [0, 0.1) is 22.0 Å². The van der Waals surface area contributed by atoms with Crippen LogP contribution in [0.5, 0.6) is 0 Å². The molecule has 2 unspecified atom stereocenters. The van der Waals surface area contributed by atoms with Gasteiger partial charge in [0, 0.05) is 29.6 Å². The van der Waals surface area contributed by atoms with Crippen LogP contribution in [-0.2, 0) is 14.3 Å². The molecule has 0 saturated heterocycles. The molecule has 1 fully saturated rings. The summed E-state index contributed by atoms with van der Waals surface area (Å²) in [6.07, 6.45) is 7.31. The van der Waals surface area contributed by atoms with Crippen molar-refractivity contribution in [1.82, 2.24) is 0 Å². The lowest BCUT2D eigenvalue weighted by Crippen LogP contribution is -2.21. The Hall–Kier alpha value is -1.72. The number of rotatable bonds is 8. The minimum Gasteiger partial charge on any atom is -0.469 e. The van der Waals surface area contributed by atoms with E-state index >= 15 is 0 Å². The SMILES string of the molecule is COC(=O)CCCC=CCC1C(=O)CCC1C[N+](=O)[O-].